The molecule has 0 saturated carbocycles. The number of thiophene rings is 1. The van der Waals surface area contributed by atoms with E-state index in [4.69, 9.17) is 4.74 Å². The fraction of sp³-hybridized carbons (Fsp3) is 0.421. The van der Waals surface area contributed by atoms with E-state index in [1.165, 1.54) is 15.6 Å². The Labute approximate surface area is 158 Å². The fourth-order valence-corrected chi connectivity index (χ4v) is 6.08. The number of rotatable bonds is 6. The molecule has 1 aliphatic heterocycles. The zero-order valence-corrected chi connectivity index (χ0v) is 16.4. The summed E-state index contributed by atoms with van der Waals surface area (Å²) in [7, 11) is -3.59. The summed E-state index contributed by atoms with van der Waals surface area (Å²) in [5.41, 5.74) is 0.161. The van der Waals surface area contributed by atoms with Crippen LogP contribution in [-0.4, -0.2) is 38.4 Å². The van der Waals surface area contributed by atoms with E-state index in [1.807, 2.05) is 30.3 Å². The van der Waals surface area contributed by atoms with E-state index in [0.717, 1.165) is 5.56 Å². The van der Waals surface area contributed by atoms with Crippen molar-refractivity contribution in [2.24, 2.45) is 5.41 Å². The Hall–Kier alpha value is -1.70. The molecule has 0 bridgehead atoms. The van der Waals surface area contributed by atoms with Crippen LogP contribution in [0.5, 0.6) is 0 Å². The van der Waals surface area contributed by atoms with Crippen LogP contribution in [0.2, 0.25) is 0 Å². The predicted octanol–water partition coefficient (Wildman–Crippen LogP) is 3.32. The number of hydrogen-bond donors (Lipinski definition) is 0. The van der Waals surface area contributed by atoms with Crippen molar-refractivity contribution in [1.29, 1.82) is 0 Å². The molecule has 1 aliphatic rings. The second-order valence-electron chi connectivity index (χ2n) is 6.56. The molecule has 2 heterocycles. The highest BCUT2D eigenvalue weighted by Gasteiger charge is 2.46. The van der Waals surface area contributed by atoms with Gasteiger partial charge in [0.05, 0.1) is 16.9 Å². The van der Waals surface area contributed by atoms with Gasteiger partial charge in [-0.1, -0.05) is 30.3 Å². The molecule has 0 aliphatic carbocycles. The van der Waals surface area contributed by atoms with Crippen LogP contribution in [0.1, 0.15) is 25.3 Å². The lowest BCUT2D eigenvalue weighted by Gasteiger charge is -2.40. The van der Waals surface area contributed by atoms with Crippen molar-refractivity contribution >= 4 is 27.3 Å². The molecule has 0 unspecified atom stereocenters. The number of carbonyl (C=O) groups excluding carboxylic acids is 1. The zero-order chi connectivity index (χ0) is 18.6. The quantitative estimate of drug-likeness (QED) is 0.706. The highest BCUT2D eigenvalue weighted by atomic mass is 32.2. The van der Waals surface area contributed by atoms with Gasteiger partial charge in [0.15, 0.2) is 0 Å². The van der Waals surface area contributed by atoms with Crippen molar-refractivity contribution in [3.05, 3.63) is 52.7 Å². The Morgan fingerprint density at radius 1 is 1.27 bits per heavy atom. The average Bonchev–Trinajstić information content (AvgIpc) is 3.18. The smallest absolute Gasteiger partial charge is 0.313 e. The van der Waals surface area contributed by atoms with Crippen molar-refractivity contribution in [3.8, 4) is 0 Å². The summed E-state index contributed by atoms with van der Waals surface area (Å²) in [5.74, 6) is -0.311. The van der Waals surface area contributed by atoms with Gasteiger partial charge in [-0.25, -0.2) is 8.42 Å². The van der Waals surface area contributed by atoms with Gasteiger partial charge in [0.1, 0.15) is 0 Å². The van der Waals surface area contributed by atoms with Gasteiger partial charge in [0, 0.05) is 18.5 Å². The molecule has 1 saturated heterocycles. The average molecular weight is 394 g/mol. The zero-order valence-electron chi connectivity index (χ0n) is 14.8. The minimum absolute atomic E-state index is 0.152. The van der Waals surface area contributed by atoms with Crippen LogP contribution in [-0.2, 0) is 26.0 Å². The summed E-state index contributed by atoms with van der Waals surface area (Å²) >= 11 is 1.35. The van der Waals surface area contributed by atoms with E-state index in [-0.39, 0.29) is 19.1 Å². The topological polar surface area (TPSA) is 63.7 Å². The molecule has 1 aromatic carbocycles. The minimum Gasteiger partial charge on any atom is -0.466 e. The number of benzene rings is 1. The molecule has 0 spiro atoms. The van der Waals surface area contributed by atoms with E-state index in [1.54, 1.807) is 23.8 Å². The Morgan fingerprint density at radius 3 is 2.69 bits per heavy atom. The molecule has 1 fully saturated rings. The maximum Gasteiger partial charge on any atom is 0.313 e. The Morgan fingerprint density at radius 2 is 2.04 bits per heavy atom. The van der Waals surface area contributed by atoms with Crippen LogP contribution < -0.4 is 0 Å². The molecule has 140 valence electrons. The molecule has 26 heavy (non-hydrogen) atoms. The molecule has 0 radical (unpaired) electrons. The van der Waals surface area contributed by atoms with Gasteiger partial charge in [0.2, 0.25) is 10.0 Å². The summed E-state index contributed by atoms with van der Waals surface area (Å²) < 4.78 is 32.7. The Bertz CT molecular complexity index is 834. The van der Waals surface area contributed by atoms with Gasteiger partial charge >= 0.3 is 5.97 Å². The summed E-state index contributed by atoms with van der Waals surface area (Å²) in [4.78, 5) is 13.1. The number of hydrogen-bond acceptors (Lipinski definition) is 5. The molecule has 0 N–H and O–H groups in total. The number of nitrogens with zero attached hydrogens (tertiary/aromatic N) is 1. The molecule has 7 heteroatoms. The van der Waals surface area contributed by atoms with E-state index in [2.05, 4.69) is 0 Å². The van der Waals surface area contributed by atoms with Crippen LogP contribution in [0, 0.1) is 5.41 Å². The molecule has 5 nitrogen and oxygen atoms in total. The second-order valence-corrected chi connectivity index (χ2v) is 9.28. The van der Waals surface area contributed by atoms with Gasteiger partial charge in [-0.05, 0) is 43.2 Å². The lowest BCUT2D eigenvalue weighted by atomic mass is 9.75. The largest absolute Gasteiger partial charge is 0.466 e. The van der Waals surface area contributed by atoms with Gasteiger partial charge in [-0.3, -0.25) is 4.79 Å². The monoisotopic (exact) mass is 393 g/mol. The summed E-state index contributed by atoms with van der Waals surface area (Å²) in [5, 5.41) is 3.38. The van der Waals surface area contributed by atoms with Crippen molar-refractivity contribution < 1.29 is 17.9 Å². The van der Waals surface area contributed by atoms with Gasteiger partial charge < -0.3 is 4.74 Å². The lowest BCUT2D eigenvalue weighted by Crippen LogP contribution is -2.51. The summed E-state index contributed by atoms with van der Waals surface area (Å²) in [6, 6.07) is 11.3. The Kier molecular flexibility index (Phi) is 5.79. The molecule has 1 atom stereocenters. The molecular formula is C19H23NO4S2. The maximum absolute atomic E-state index is 12.9. The number of carbonyl (C=O) groups is 1. The van der Waals surface area contributed by atoms with Crippen LogP contribution in [0.4, 0.5) is 0 Å². The first kappa shape index (κ1) is 19.1. The number of esters is 1. The van der Waals surface area contributed by atoms with Gasteiger partial charge in [-0.15, -0.1) is 0 Å². The van der Waals surface area contributed by atoms with E-state index < -0.39 is 15.4 Å². The first-order valence-electron chi connectivity index (χ1n) is 8.71. The third kappa shape index (κ3) is 3.84. The van der Waals surface area contributed by atoms with E-state index in [9.17, 15) is 13.2 Å². The summed E-state index contributed by atoms with van der Waals surface area (Å²) in [6.07, 6.45) is 1.73. The predicted molar refractivity (Wildman–Crippen MR) is 102 cm³/mol. The SMILES string of the molecule is CCOC(=O)[C@]1(Cc2ccccc2)CCCN(S(=O)(=O)c2ccsc2)C1. The standard InChI is InChI=1S/C19H23NO4S2/c1-2-24-18(21)19(13-16-7-4-3-5-8-16)10-6-11-20(15-19)26(22,23)17-9-12-25-14-17/h3-5,7-9,12,14H,2,6,10-11,13,15H2,1H3/t19-/m0/s1. The first-order chi connectivity index (χ1) is 12.5. The van der Waals surface area contributed by atoms with Crippen LogP contribution in [0.15, 0.2) is 52.1 Å². The van der Waals surface area contributed by atoms with E-state index >= 15 is 0 Å². The summed E-state index contributed by atoms with van der Waals surface area (Å²) in [6.45, 7) is 2.64. The van der Waals surface area contributed by atoms with Gasteiger partial charge in [-0.2, -0.15) is 15.6 Å². The van der Waals surface area contributed by atoms with Crippen LogP contribution in [0.3, 0.4) is 0 Å². The number of ether oxygens (including phenoxy) is 1. The van der Waals surface area contributed by atoms with E-state index in [0.29, 0.717) is 30.7 Å². The van der Waals surface area contributed by atoms with Crippen molar-refractivity contribution in [1.82, 2.24) is 4.31 Å². The lowest BCUT2D eigenvalue weighted by molar-refractivity contribution is -0.157. The fourth-order valence-electron chi connectivity index (χ4n) is 3.50. The highest BCUT2D eigenvalue weighted by Crippen LogP contribution is 2.37. The molecular weight excluding hydrogens is 370 g/mol. The number of sulfonamides is 1. The van der Waals surface area contributed by atoms with Gasteiger partial charge in [0.25, 0.3) is 0 Å². The molecule has 1 aromatic heterocycles. The minimum atomic E-state index is -3.59. The van der Waals surface area contributed by atoms with Crippen molar-refractivity contribution in [3.63, 3.8) is 0 Å². The maximum atomic E-state index is 12.9. The van der Waals surface area contributed by atoms with Crippen molar-refractivity contribution in [2.75, 3.05) is 19.7 Å². The third-order valence-corrected chi connectivity index (χ3v) is 7.44. The normalized spacial score (nSPS) is 21.4. The van der Waals surface area contributed by atoms with Crippen LogP contribution in [0.25, 0.3) is 0 Å². The first-order valence-corrected chi connectivity index (χ1v) is 11.1. The second kappa shape index (κ2) is 7.90. The number of piperidine rings is 1. The van der Waals surface area contributed by atoms with Crippen molar-refractivity contribution in [2.45, 2.75) is 31.1 Å². The molecule has 3 rings (SSSR count). The molecule has 2 aromatic rings. The molecule has 0 amide bonds. The highest BCUT2D eigenvalue weighted by molar-refractivity contribution is 7.89. The third-order valence-electron chi connectivity index (χ3n) is 4.77. The Balaban J connectivity index is 1.92. The van der Waals surface area contributed by atoms with Crippen LogP contribution >= 0.6 is 11.3 Å².